The van der Waals surface area contributed by atoms with E-state index in [4.69, 9.17) is 37.4 Å². The lowest BCUT2D eigenvalue weighted by Gasteiger charge is -2.12. The van der Waals surface area contributed by atoms with Gasteiger partial charge in [0.15, 0.2) is 11.5 Å². The fraction of sp³-hybridized carbons (Fsp3) is 0.312. The fourth-order valence-electron chi connectivity index (χ4n) is 2.01. The first-order valence-corrected chi connectivity index (χ1v) is 9.12. The molecule has 140 valence electrons. The first kappa shape index (κ1) is 20.3. The van der Waals surface area contributed by atoms with Crippen LogP contribution >= 0.6 is 34.5 Å². The fourth-order valence-corrected chi connectivity index (χ4v) is 3.28. The molecular weight excluding hydrogens is 401 g/mol. The van der Waals surface area contributed by atoms with Gasteiger partial charge in [0.1, 0.15) is 0 Å². The number of methoxy groups -OCH3 is 2. The van der Waals surface area contributed by atoms with E-state index in [-0.39, 0.29) is 17.4 Å². The zero-order valence-corrected chi connectivity index (χ0v) is 16.7. The van der Waals surface area contributed by atoms with Crippen LogP contribution in [-0.2, 0) is 16.0 Å². The van der Waals surface area contributed by atoms with Crippen molar-refractivity contribution in [3.05, 3.63) is 32.7 Å². The zero-order chi connectivity index (χ0) is 19.1. The second-order valence-corrected chi connectivity index (χ2v) is 6.46. The molecule has 1 heterocycles. The van der Waals surface area contributed by atoms with E-state index in [9.17, 15) is 4.79 Å². The van der Waals surface area contributed by atoms with Crippen LogP contribution in [0.1, 0.15) is 18.2 Å². The SMILES string of the molecule is CCOC(=O)Cc1csc(NN=Cc2c(Cl)cc(OC)c(OC)c2Cl)n1. The summed E-state index contributed by atoms with van der Waals surface area (Å²) in [7, 11) is 2.98. The number of thiazole rings is 1. The van der Waals surface area contributed by atoms with Gasteiger partial charge in [-0.25, -0.2) is 4.98 Å². The summed E-state index contributed by atoms with van der Waals surface area (Å²) in [6.45, 7) is 2.09. The van der Waals surface area contributed by atoms with Gasteiger partial charge in [-0.15, -0.1) is 11.3 Å². The summed E-state index contributed by atoms with van der Waals surface area (Å²) in [6, 6.07) is 1.59. The van der Waals surface area contributed by atoms with E-state index < -0.39 is 0 Å². The molecule has 0 saturated carbocycles. The first-order chi connectivity index (χ1) is 12.5. The van der Waals surface area contributed by atoms with Crippen molar-refractivity contribution in [3.63, 3.8) is 0 Å². The average molecular weight is 418 g/mol. The molecule has 0 bridgehead atoms. The number of aromatic nitrogens is 1. The summed E-state index contributed by atoms with van der Waals surface area (Å²) in [5.74, 6) is 0.471. The van der Waals surface area contributed by atoms with Gasteiger partial charge < -0.3 is 14.2 Å². The van der Waals surface area contributed by atoms with E-state index in [2.05, 4.69) is 15.5 Å². The van der Waals surface area contributed by atoms with Crippen molar-refractivity contribution in [2.45, 2.75) is 13.3 Å². The van der Waals surface area contributed by atoms with Gasteiger partial charge in [-0.05, 0) is 6.92 Å². The largest absolute Gasteiger partial charge is 0.493 e. The summed E-state index contributed by atoms with van der Waals surface area (Å²) in [5.41, 5.74) is 3.85. The van der Waals surface area contributed by atoms with E-state index in [1.165, 1.54) is 31.8 Å². The number of ether oxygens (including phenoxy) is 3. The summed E-state index contributed by atoms with van der Waals surface area (Å²) in [5, 5.41) is 7.00. The van der Waals surface area contributed by atoms with Crippen LogP contribution in [-0.4, -0.2) is 38.0 Å². The van der Waals surface area contributed by atoms with Crippen molar-refractivity contribution in [1.29, 1.82) is 0 Å². The van der Waals surface area contributed by atoms with Crippen LogP contribution in [0.5, 0.6) is 11.5 Å². The minimum atomic E-state index is -0.322. The molecule has 0 atom stereocenters. The molecule has 0 aliphatic rings. The number of nitrogens with zero attached hydrogens (tertiary/aromatic N) is 2. The molecule has 26 heavy (non-hydrogen) atoms. The van der Waals surface area contributed by atoms with Gasteiger partial charge in [-0.1, -0.05) is 23.2 Å². The van der Waals surface area contributed by atoms with Gasteiger partial charge >= 0.3 is 5.97 Å². The molecule has 0 amide bonds. The number of esters is 1. The van der Waals surface area contributed by atoms with Crippen molar-refractivity contribution in [1.82, 2.24) is 4.98 Å². The van der Waals surface area contributed by atoms with Crippen LogP contribution in [0.2, 0.25) is 10.0 Å². The second-order valence-electron chi connectivity index (χ2n) is 4.82. The van der Waals surface area contributed by atoms with Crippen LogP contribution in [0.15, 0.2) is 16.5 Å². The highest BCUT2D eigenvalue weighted by Gasteiger charge is 2.16. The van der Waals surface area contributed by atoms with Crippen molar-refractivity contribution < 1.29 is 19.0 Å². The summed E-state index contributed by atoms with van der Waals surface area (Å²) in [6.07, 6.45) is 1.57. The minimum Gasteiger partial charge on any atom is -0.493 e. The highest BCUT2D eigenvalue weighted by Crippen LogP contribution is 2.40. The predicted molar refractivity (Wildman–Crippen MR) is 103 cm³/mol. The smallest absolute Gasteiger partial charge is 0.311 e. The van der Waals surface area contributed by atoms with Crippen LogP contribution in [0.3, 0.4) is 0 Å². The molecule has 10 heteroatoms. The Morgan fingerprint density at radius 2 is 2.15 bits per heavy atom. The van der Waals surface area contributed by atoms with Crippen LogP contribution < -0.4 is 14.9 Å². The minimum absolute atomic E-state index is 0.114. The molecule has 1 aromatic carbocycles. The first-order valence-electron chi connectivity index (χ1n) is 7.49. The standard InChI is InChI=1S/C16H17Cl2N3O4S/c1-4-25-13(22)5-9-8-26-16(20-9)21-19-7-10-11(17)6-12(23-2)15(24-3)14(10)18/h6-8H,4-5H2,1-3H3,(H,20,21). The molecule has 2 rings (SSSR count). The Hall–Kier alpha value is -2.03. The molecule has 0 aliphatic heterocycles. The third kappa shape index (κ3) is 5.00. The number of hydrazone groups is 1. The third-order valence-electron chi connectivity index (χ3n) is 3.14. The Labute approximate surface area is 164 Å². The lowest BCUT2D eigenvalue weighted by atomic mass is 10.2. The maximum absolute atomic E-state index is 11.4. The van der Waals surface area contributed by atoms with Crippen molar-refractivity contribution >= 4 is 51.9 Å². The van der Waals surface area contributed by atoms with Gasteiger partial charge in [0, 0.05) is 17.0 Å². The van der Waals surface area contributed by atoms with E-state index in [0.717, 1.165) is 0 Å². The van der Waals surface area contributed by atoms with Gasteiger partial charge in [0.2, 0.25) is 5.13 Å². The van der Waals surface area contributed by atoms with Crippen molar-refractivity contribution in [3.8, 4) is 11.5 Å². The number of carbonyl (C=O) groups is 1. The average Bonchev–Trinajstić information content (AvgIpc) is 3.04. The Morgan fingerprint density at radius 1 is 1.38 bits per heavy atom. The Bertz CT molecular complexity index is 811. The second kappa shape index (κ2) is 9.61. The lowest BCUT2D eigenvalue weighted by Crippen LogP contribution is -2.07. The number of carbonyl (C=O) groups excluding carboxylic acids is 1. The zero-order valence-electron chi connectivity index (χ0n) is 14.3. The summed E-state index contributed by atoms with van der Waals surface area (Å²) >= 11 is 13.8. The number of hydrogen-bond donors (Lipinski definition) is 1. The van der Waals surface area contributed by atoms with E-state index in [1.54, 1.807) is 18.4 Å². The molecule has 7 nitrogen and oxygen atoms in total. The van der Waals surface area contributed by atoms with Crippen LogP contribution in [0.25, 0.3) is 0 Å². The summed E-state index contributed by atoms with van der Waals surface area (Å²) < 4.78 is 15.3. The molecular formula is C16H17Cl2N3O4S. The molecule has 1 N–H and O–H groups in total. The molecule has 2 aromatic rings. The Morgan fingerprint density at radius 3 is 2.81 bits per heavy atom. The topological polar surface area (TPSA) is 82.0 Å². The van der Waals surface area contributed by atoms with E-state index in [0.29, 0.717) is 39.5 Å². The number of rotatable bonds is 8. The number of halogens is 2. The molecule has 1 aromatic heterocycles. The van der Waals surface area contributed by atoms with E-state index >= 15 is 0 Å². The molecule has 0 saturated heterocycles. The molecule has 0 fully saturated rings. The summed E-state index contributed by atoms with van der Waals surface area (Å²) in [4.78, 5) is 15.7. The number of anilines is 1. The normalized spacial score (nSPS) is 10.8. The lowest BCUT2D eigenvalue weighted by molar-refractivity contribution is -0.142. The van der Waals surface area contributed by atoms with Crippen molar-refractivity contribution in [2.75, 3.05) is 26.3 Å². The monoisotopic (exact) mass is 417 g/mol. The van der Waals surface area contributed by atoms with Gasteiger partial charge in [-0.2, -0.15) is 5.10 Å². The molecule has 0 aliphatic carbocycles. The maximum atomic E-state index is 11.4. The van der Waals surface area contributed by atoms with Gasteiger partial charge in [0.05, 0.1) is 49.2 Å². The van der Waals surface area contributed by atoms with Crippen molar-refractivity contribution in [2.24, 2.45) is 5.10 Å². The number of nitrogens with one attached hydrogen (secondary N) is 1. The highest BCUT2D eigenvalue weighted by atomic mass is 35.5. The maximum Gasteiger partial charge on any atom is 0.311 e. The quantitative estimate of drug-likeness (QED) is 0.396. The number of hydrogen-bond acceptors (Lipinski definition) is 8. The molecule has 0 unspecified atom stereocenters. The van der Waals surface area contributed by atoms with E-state index in [1.807, 2.05) is 0 Å². The van der Waals surface area contributed by atoms with Crippen LogP contribution in [0.4, 0.5) is 5.13 Å². The van der Waals surface area contributed by atoms with Gasteiger partial charge in [-0.3, -0.25) is 10.2 Å². The highest BCUT2D eigenvalue weighted by molar-refractivity contribution is 7.13. The van der Waals surface area contributed by atoms with Crippen LogP contribution in [0, 0.1) is 0 Å². The third-order valence-corrected chi connectivity index (χ3v) is 4.62. The molecule has 0 spiro atoms. The number of benzene rings is 1. The van der Waals surface area contributed by atoms with Gasteiger partial charge in [0.25, 0.3) is 0 Å². The Balaban J connectivity index is 2.09. The predicted octanol–water partition coefficient (Wildman–Crippen LogP) is 4.02. The Kier molecular flexibility index (Phi) is 7.50. The molecule has 0 radical (unpaired) electrons.